The minimum absolute atomic E-state index is 0.409. The van der Waals surface area contributed by atoms with E-state index in [1.165, 1.54) is 17.3 Å². The van der Waals surface area contributed by atoms with E-state index >= 15 is 0 Å². The van der Waals surface area contributed by atoms with Gasteiger partial charge < -0.3 is 10.5 Å². The summed E-state index contributed by atoms with van der Waals surface area (Å²) in [4.78, 5) is 0. The van der Waals surface area contributed by atoms with Crippen molar-refractivity contribution < 1.29 is 4.74 Å². The number of nitrogens with two attached hydrogens (primary N) is 1. The van der Waals surface area contributed by atoms with Gasteiger partial charge in [-0.1, -0.05) is 67.5 Å². The highest BCUT2D eigenvalue weighted by atomic mass is 35.5. The molecule has 4 nitrogen and oxygen atoms in total. The van der Waals surface area contributed by atoms with Gasteiger partial charge in [0.1, 0.15) is 5.75 Å². The SMILES string of the molecule is CC(C)COc1ccc(Cl)cc1C=NN=C(N)SCc1ccccc1. The molecule has 2 aromatic rings. The van der Waals surface area contributed by atoms with E-state index in [4.69, 9.17) is 22.1 Å². The van der Waals surface area contributed by atoms with E-state index in [1.54, 1.807) is 18.3 Å². The Hall–Kier alpha value is -1.98. The number of hydrogen-bond acceptors (Lipinski definition) is 4. The molecule has 6 heteroatoms. The Labute approximate surface area is 158 Å². The van der Waals surface area contributed by atoms with E-state index in [9.17, 15) is 0 Å². The van der Waals surface area contributed by atoms with Gasteiger partial charge in [0, 0.05) is 16.3 Å². The van der Waals surface area contributed by atoms with Gasteiger partial charge in [-0.3, -0.25) is 0 Å². The van der Waals surface area contributed by atoms with E-state index in [0.717, 1.165) is 17.1 Å². The topological polar surface area (TPSA) is 60.0 Å². The van der Waals surface area contributed by atoms with E-state index in [0.29, 0.717) is 22.7 Å². The van der Waals surface area contributed by atoms with Crippen LogP contribution in [0.3, 0.4) is 0 Å². The number of ether oxygens (including phenoxy) is 1. The molecule has 0 saturated carbocycles. The van der Waals surface area contributed by atoms with Crippen LogP contribution in [0, 0.1) is 5.92 Å². The first kappa shape index (κ1) is 19.3. The van der Waals surface area contributed by atoms with Gasteiger partial charge in [0.25, 0.3) is 0 Å². The molecule has 0 amide bonds. The summed E-state index contributed by atoms with van der Waals surface area (Å²) in [5.41, 5.74) is 7.86. The highest BCUT2D eigenvalue weighted by molar-refractivity contribution is 8.13. The second-order valence-corrected chi connectivity index (χ2v) is 7.28. The van der Waals surface area contributed by atoms with Crippen molar-refractivity contribution in [3.05, 3.63) is 64.7 Å². The summed E-state index contributed by atoms with van der Waals surface area (Å²) in [5, 5.41) is 9.12. The van der Waals surface area contributed by atoms with E-state index in [-0.39, 0.29) is 0 Å². The first-order valence-corrected chi connectivity index (χ1v) is 9.36. The van der Waals surface area contributed by atoms with Crippen molar-refractivity contribution in [2.45, 2.75) is 19.6 Å². The molecule has 2 aromatic carbocycles. The second kappa shape index (κ2) is 10.1. The fourth-order valence-electron chi connectivity index (χ4n) is 1.92. The number of hydrogen-bond donors (Lipinski definition) is 1. The molecule has 0 aromatic heterocycles. The molecule has 2 N–H and O–H groups in total. The number of thioether (sulfide) groups is 1. The highest BCUT2D eigenvalue weighted by Crippen LogP contribution is 2.22. The van der Waals surface area contributed by atoms with Gasteiger partial charge >= 0.3 is 0 Å². The van der Waals surface area contributed by atoms with Crippen LogP contribution in [0.4, 0.5) is 0 Å². The lowest BCUT2D eigenvalue weighted by molar-refractivity contribution is 0.271. The molecule has 0 aliphatic heterocycles. The van der Waals surface area contributed by atoms with E-state index < -0.39 is 0 Å². The van der Waals surface area contributed by atoms with Crippen molar-refractivity contribution in [2.75, 3.05) is 6.61 Å². The quantitative estimate of drug-likeness (QED) is 0.422. The Morgan fingerprint density at radius 1 is 1.24 bits per heavy atom. The summed E-state index contributed by atoms with van der Waals surface area (Å²) in [5.74, 6) is 1.92. The molecule has 0 aliphatic carbocycles. The summed E-state index contributed by atoms with van der Waals surface area (Å²) in [6.07, 6.45) is 1.61. The van der Waals surface area contributed by atoms with Crippen LogP contribution in [0.25, 0.3) is 0 Å². The van der Waals surface area contributed by atoms with Crippen LogP contribution < -0.4 is 10.5 Å². The largest absolute Gasteiger partial charge is 0.493 e. The van der Waals surface area contributed by atoms with Gasteiger partial charge in [-0.05, 0) is 29.7 Å². The molecule has 0 atom stereocenters. The van der Waals surface area contributed by atoms with Crippen LogP contribution in [0.5, 0.6) is 5.75 Å². The van der Waals surface area contributed by atoms with Crippen LogP contribution in [0.2, 0.25) is 5.02 Å². The third kappa shape index (κ3) is 7.20. The molecule has 25 heavy (non-hydrogen) atoms. The van der Waals surface area contributed by atoms with Crippen molar-refractivity contribution in [1.82, 2.24) is 0 Å². The number of benzene rings is 2. The standard InChI is InChI=1S/C19H22ClN3OS/c1-14(2)12-24-18-9-8-17(20)10-16(18)11-22-23-19(21)25-13-15-6-4-3-5-7-15/h3-11,14H,12-13H2,1-2H3,(H2,21,23). The Kier molecular flexibility index (Phi) is 7.82. The third-order valence-electron chi connectivity index (χ3n) is 3.13. The fraction of sp³-hybridized carbons (Fsp3) is 0.263. The third-order valence-corrected chi connectivity index (χ3v) is 4.22. The van der Waals surface area contributed by atoms with Crippen molar-refractivity contribution >= 4 is 34.7 Å². The molecule has 2 rings (SSSR count). The van der Waals surface area contributed by atoms with Gasteiger partial charge in [-0.2, -0.15) is 5.10 Å². The predicted octanol–water partition coefficient (Wildman–Crippen LogP) is 4.96. The van der Waals surface area contributed by atoms with Gasteiger partial charge in [0.15, 0.2) is 5.17 Å². The average molecular weight is 376 g/mol. The summed E-state index contributed by atoms with van der Waals surface area (Å²) < 4.78 is 5.78. The molecule has 0 fully saturated rings. The predicted molar refractivity (Wildman–Crippen MR) is 109 cm³/mol. The molecule has 0 radical (unpaired) electrons. The molecule has 132 valence electrons. The summed E-state index contributed by atoms with van der Waals surface area (Å²) in [6, 6.07) is 15.5. The van der Waals surface area contributed by atoms with Crippen LogP contribution in [-0.4, -0.2) is 18.0 Å². The Morgan fingerprint density at radius 3 is 2.72 bits per heavy atom. The maximum Gasteiger partial charge on any atom is 0.180 e. The Balaban J connectivity index is 1.98. The molecular formula is C19H22ClN3OS. The van der Waals surface area contributed by atoms with Crippen molar-refractivity contribution in [3.63, 3.8) is 0 Å². The van der Waals surface area contributed by atoms with Crippen LogP contribution in [0.1, 0.15) is 25.0 Å². The van der Waals surface area contributed by atoms with Gasteiger partial charge in [0.05, 0.1) is 12.8 Å². The first-order valence-electron chi connectivity index (χ1n) is 8.00. The smallest absolute Gasteiger partial charge is 0.180 e. The van der Waals surface area contributed by atoms with Crippen molar-refractivity contribution in [3.8, 4) is 5.75 Å². The van der Waals surface area contributed by atoms with Crippen LogP contribution in [0.15, 0.2) is 58.7 Å². The minimum Gasteiger partial charge on any atom is -0.493 e. The molecule has 0 saturated heterocycles. The lowest BCUT2D eigenvalue weighted by Gasteiger charge is -2.11. The Morgan fingerprint density at radius 2 is 2.00 bits per heavy atom. The summed E-state index contributed by atoms with van der Waals surface area (Å²) in [6.45, 7) is 4.82. The summed E-state index contributed by atoms with van der Waals surface area (Å²) >= 11 is 7.50. The van der Waals surface area contributed by atoms with Gasteiger partial charge in [0.2, 0.25) is 0 Å². The van der Waals surface area contributed by atoms with Crippen molar-refractivity contribution in [2.24, 2.45) is 21.9 Å². The molecular weight excluding hydrogens is 354 g/mol. The zero-order valence-electron chi connectivity index (χ0n) is 14.4. The number of amidine groups is 1. The second-order valence-electron chi connectivity index (χ2n) is 5.84. The lowest BCUT2D eigenvalue weighted by Crippen LogP contribution is -2.07. The van der Waals surface area contributed by atoms with Gasteiger partial charge in [-0.15, -0.1) is 5.10 Å². The van der Waals surface area contributed by atoms with Crippen LogP contribution >= 0.6 is 23.4 Å². The number of nitrogens with zero attached hydrogens (tertiary/aromatic N) is 2. The lowest BCUT2D eigenvalue weighted by atomic mass is 10.2. The first-order chi connectivity index (χ1) is 12.0. The molecule has 0 heterocycles. The maximum atomic E-state index is 6.06. The molecule has 0 bridgehead atoms. The monoisotopic (exact) mass is 375 g/mol. The maximum absolute atomic E-state index is 6.06. The van der Waals surface area contributed by atoms with E-state index in [1.807, 2.05) is 36.4 Å². The van der Waals surface area contributed by atoms with Gasteiger partial charge in [-0.25, -0.2) is 0 Å². The number of rotatable bonds is 7. The number of halogens is 1. The van der Waals surface area contributed by atoms with E-state index in [2.05, 4.69) is 24.1 Å². The Bertz CT molecular complexity index is 733. The average Bonchev–Trinajstić information content (AvgIpc) is 2.60. The van der Waals surface area contributed by atoms with Crippen molar-refractivity contribution in [1.29, 1.82) is 0 Å². The molecule has 0 aliphatic rings. The molecule has 0 unspecified atom stereocenters. The van der Waals surface area contributed by atoms with Crippen LogP contribution in [-0.2, 0) is 5.75 Å². The summed E-state index contributed by atoms with van der Waals surface area (Å²) in [7, 11) is 0. The highest BCUT2D eigenvalue weighted by Gasteiger charge is 2.04. The normalized spacial score (nSPS) is 12.1. The minimum atomic E-state index is 0.409. The zero-order chi connectivity index (χ0) is 18.1. The fourth-order valence-corrected chi connectivity index (χ4v) is 2.71. The molecule has 0 spiro atoms. The zero-order valence-corrected chi connectivity index (χ0v) is 15.9.